The molecule has 1 unspecified atom stereocenters. The molecule has 0 saturated carbocycles. The third-order valence-corrected chi connectivity index (χ3v) is 7.63. The van der Waals surface area contributed by atoms with Crippen LogP contribution in [0.25, 0.3) is 6.08 Å². The fourth-order valence-corrected chi connectivity index (χ4v) is 5.39. The first kappa shape index (κ1) is 30.0. The SMILES string of the molecule is NS(=O)(=O)c1ccc(NC(=O)COc2ccc(Cl)cc2/C=C2\SC(=S)N(C(CCC(=O)O)C(=O)O)C2=O)cc1. The third-order valence-electron chi connectivity index (χ3n) is 5.14. The van der Waals surface area contributed by atoms with Crippen LogP contribution in [0.1, 0.15) is 18.4 Å². The lowest BCUT2D eigenvalue weighted by atomic mass is 10.1. The van der Waals surface area contributed by atoms with Gasteiger partial charge < -0.3 is 20.3 Å². The lowest BCUT2D eigenvalue weighted by Gasteiger charge is -2.22. The summed E-state index contributed by atoms with van der Waals surface area (Å²) in [5, 5.41) is 26.3. The van der Waals surface area contributed by atoms with Gasteiger partial charge in [0.1, 0.15) is 16.1 Å². The molecule has 1 heterocycles. The van der Waals surface area contributed by atoms with Crippen LogP contribution in [0.4, 0.5) is 5.69 Å². The molecule has 2 aromatic rings. The van der Waals surface area contributed by atoms with E-state index in [2.05, 4.69) is 5.32 Å². The van der Waals surface area contributed by atoms with E-state index in [9.17, 15) is 32.7 Å². The average molecular weight is 614 g/mol. The van der Waals surface area contributed by atoms with Crippen molar-refractivity contribution in [3.8, 4) is 5.75 Å². The number of carboxylic acid groups (broad SMARTS) is 2. The van der Waals surface area contributed by atoms with Gasteiger partial charge in [0.2, 0.25) is 10.0 Å². The van der Waals surface area contributed by atoms with Gasteiger partial charge in [-0.3, -0.25) is 19.3 Å². The van der Waals surface area contributed by atoms with Gasteiger partial charge in [-0.25, -0.2) is 18.4 Å². The van der Waals surface area contributed by atoms with Crippen molar-refractivity contribution in [3.05, 3.63) is 58.0 Å². The zero-order chi connectivity index (χ0) is 28.9. The van der Waals surface area contributed by atoms with Crippen LogP contribution >= 0.6 is 35.6 Å². The summed E-state index contributed by atoms with van der Waals surface area (Å²) in [7, 11) is -3.88. The van der Waals surface area contributed by atoms with Crippen molar-refractivity contribution < 1.29 is 42.5 Å². The number of hydrogen-bond acceptors (Lipinski definition) is 9. The topological polar surface area (TPSA) is 193 Å². The summed E-state index contributed by atoms with van der Waals surface area (Å²) in [5.74, 6) is -3.74. The molecule has 16 heteroatoms. The molecule has 0 radical (unpaired) electrons. The van der Waals surface area contributed by atoms with Crippen molar-refractivity contribution in [1.82, 2.24) is 4.90 Å². The molecular weight excluding hydrogens is 594 g/mol. The molecule has 5 N–H and O–H groups in total. The lowest BCUT2D eigenvalue weighted by molar-refractivity contribution is -0.146. The van der Waals surface area contributed by atoms with Crippen LogP contribution < -0.4 is 15.2 Å². The van der Waals surface area contributed by atoms with Gasteiger partial charge in [-0.15, -0.1) is 0 Å². The highest BCUT2D eigenvalue weighted by Gasteiger charge is 2.40. The maximum atomic E-state index is 13.0. The maximum absolute atomic E-state index is 13.0. The largest absolute Gasteiger partial charge is 0.483 e. The van der Waals surface area contributed by atoms with Crippen molar-refractivity contribution in [3.63, 3.8) is 0 Å². The Kier molecular flexibility index (Phi) is 9.68. The van der Waals surface area contributed by atoms with Crippen LogP contribution in [0.5, 0.6) is 5.75 Å². The summed E-state index contributed by atoms with van der Waals surface area (Å²) in [6.45, 7) is -0.462. The quantitative estimate of drug-likeness (QED) is 0.215. The molecule has 1 aliphatic heterocycles. The molecular formula is C23H20ClN3O9S3. The monoisotopic (exact) mass is 613 g/mol. The summed E-state index contributed by atoms with van der Waals surface area (Å²) >= 11 is 12.1. The van der Waals surface area contributed by atoms with Gasteiger partial charge in [0.05, 0.1) is 9.80 Å². The van der Waals surface area contributed by atoms with Crippen molar-refractivity contribution in [2.24, 2.45) is 5.14 Å². The van der Waals surface area contributed by atoms with Crippen LogP contribution in [0.15, 0.2) is 52.3 Å². The molecule has 0 bridgehead atoms. The van der Waals surface area contributed by atoms with Gasteiger partial charge in [-0.05, 0) is 55.0 Å². The number of thioether (sulfide) groups is 1. The van der Waals surface area contributed by atoms with E-state index >= 15 is 0 Å². The predicted molar refractivity (Wildman–Crippen MR) is 147 cm³/mol. The van der Waals surface area contributed by atoms with Gasteiger partial charge >= 0.3 is 11.9 Å². The van der Waals surface area contributed by atoms with Crippen LogP contribution in [-0.2, 0) is 29.2 Å². The van der Waals surface area contributed by atoms with Crippen molar-refractivity contribution >= 4 is 85.4 Å². The fraction of sp³-hybridized carbons (Fsp3) is 0.174. The van der Waals surface area contributed by atoms with Gasteiger partial charge in [-0.1, -0.05) is 35.6 Å². The summed E-state index contributed by atoms with van der Waals surface area (Å²) in [5.41, 5.74) is 0.595. The van der Waals surface area contributed by atoms with Crippen LogP contribution in [0.2, 0.25) is 5.02 Å². The molecule has 206 valence electrons. The number of primary sulfonamides is 1. The first-order chi connectivity index (χ1) is 18.3. The molecule has 2 aromatic carbocycles. The Balaban J connectivity index is 1.75. The number of rotatable bonds is 11. The number of nitrogens with zero attached hydrogens (tertiary/aromatic N) is 1. The van der Waals surface area contributed by atoms with E-state index in [1.54, 1.807) is 0 Å². The number of halogens is 1. The molecule has 2 amide bonds. The van der Waals surface area contributed by atoms with Crippen LogP contribution in [-0.4, -0.2) is 64.3 Å². The molecule has 1 aliphatic rings. The van der Waals surface area contributed by atoms with Crippen molar-refractivity contribution in [2.75, 3.05) is 11.9 Å². The number of nitrogens with two attached hydrogens (primary N) is 1. The molecule has 0 aliphatic carbocycles. The van der Waals surface area contributed by atoms with Gasteiger partial charge in [0.25, 0.3) is 11.8 Å². The summed E-state index contributed by atoms with van der Waals surface area (Å²) < 4.78 is 28.3. The summed E-state index contributed by atoms with van der Waals surface area (Å²) in [6.07, 6.45) is 0.563. The lowest BCUT2D eigenvalue weighted by Crippen LogP contribution is -2.44. The zero-order valence-electron chi connectivity index (χ0n) is 19.7. The highest BCUT2D eigenvalue weighted by atomic mass is 35.5. The number of carboxylic acids is 2. The smallest absolute Gasteiger partial charge is 0.326 e. The number of carbonyl (C=O) groups excluding carboxylic acids is 2. The Morgan fingerprint density at radius 2 is 1.85 bits per heavy atom. The number of sulfonamides is 1. The number of anilines is 1. The molecule has 3 rings (SSSR count). The molecule has 1 fully saturated rings. The van der Waals surface area contributed by atoms with Crippen LogP contribution in [0, 0.1) is 0 Å². The second-order valence-corrected chi connectivity index (χ2v) is 11.6. The number of nitrogens with one attached hydrogen (secondary N) is 1. The van der Waals surface area contributed by atoms with Crippen LogP contribution in [0.3, 0.4) is 0 Å². The second-order valence-electron chi connectivity index (χ2n) is 7.93. The molecule has 0 aromatic heterocycles. The number of thiocarbonyl (C=S) groups is 1. The maximum Gasteiger partial charge on any atom is 0.326 e. The Morgan fingerprint density at radius 1 is 1.18 bits per heavy atom. The Bertz CT molecular complexity index is 1480. The van der Waals surface area contributed by atoms with E-state index in [0.29, 0.717) is 11.3 Å². The normalized spacial score (nSPS) is 15.3. The highest BCUT2D eigenvalue weighted by molar-refractivity contribution is 8.26. The summed E-state index contributed by atoms with van der Waals surface area (Å²) in [4.78, 5) is 48.8. The van der Waals surface area contributed by atoms with E-state index in [0.717, 1.165) is 16.7 Å². The Labute approximate surface area is 236 Å². The van der Waals surface area contributed by atoms with E-state index in [-0.39, 0.29) is 31.3 Å². The Hall–Kier alpha value is -3.50. The zero-order valence-corrected chi connectivity index (χ0v) is 22.9. The van der Waals surface area contributed by atoms with Crippen molar-refractivity contribution in [1.29, 1.82) is 0 Å². The second kappa shape index (κ2) is 12.6. The predicted octanol–water partition coefficient (Wildman–Crippen LogP) is 2.52. The minimum absolute atomic E-state index is 0.0492. The average Bonchev–Trinajstić information content (AvgIpc) is 3.11. The molecule has 1 atom stereocenters. The van der Waals surface area contributed by atoms with E-state index in [4.69, 9.17) is 38.8 Å². The first-order valence-corrected chi connectivity index (χ1v) is 14.0. The fourth-order valence-electron chi connectivity index (χ4n) is 3.34. The third kappa shape index (κ3) is 8.00. The molecule has 39 heavy (non-hydrogen) atoms. The van der Waals surface area contributed by atoms with E-state index < -0.39 is 52.8 Å². The minimum atomic E-state index is -3.88. The molecule has 12 nitrogen and oxygen atoms in total. The number of benzene rings is 2. The van der Waals surface area contributed by atoms with Crippen molar-refractivity contribution in [2.45, 2.75) is 23.8 Å². The summed E-state index contributed by atoms with van der Waals surface area (Å²) in [6, 6.07) is 8.14. The number of amides is 2. The number of carbonyl (C=O) groups is 4. The standard InChI is InChI=1S/C23H20ClN3O9S3/c24-13-1-7-17(36-11-19(28)26-14-2-4-15(5-3-14)39(25,34)35)12(9-13)10-18-21(31)27(23(37)38-18)16(22(32)33)6-8-20(29)30/h1-5,7,9-10,16H,6,8,11H2,(H,26,28)(H,29,30)(H,32,33)(H2,25,34,35)/b18-10-. The molecule has 0 spiro atoms. The molecule has 1 saturated heterocycles. The number of aliphatic carboxylic acids is 2. The number of ether oxygens (including phenoxy) is 1. The minimum Gasteiger partial charge on any atom is -0.483 e. The van der Waals surface area contributed by atoms with Gasteiger partial charge in [0, 0.05) is 22.7 Å². The van der Waals surface area contributed by atoms with E-state index in [1.807, 2.05) is 0 Å². The highest BCUT2D eigenvalue weighted by Crippen LogP contribution is 2.37. The Morgan fingerprint density at radius 3 is 2.44 bits per heavy atom. The first-order valence-electron chi connectivity index (χ1n) is 10.8. The number of hydrogen-bond donors (Lipinski definition) is 4. The van der Waals surface area contributed by atoms with Gasteiger partial charge in [0.15, 0.2) is 6.61 Å². The van der Waals surface area contributed by atoms with Gasteiger partial charge in [-0.2, -0.15) is 0 Å². The van der Waals surface area contributed by atoms with E-state index in [1.165, 1.54) is 48.5 Å².